The number of nitrogens with one attached hydrogen (secondary N) is 1. The van der Waals surface area contributed by atoms with Gasteiger partial charge in [0.1, 0.15) is 12.2 Å². The molecular weight excluding hydrogens is 320 g/mol. The fourth-order valence-corrected chi connectivity index (χ4v) is 2.59. The van der Waals surface area contributed by atoms with E-state index >= 15 is 0 Å². The number of carboxylic acids is 1. The van der Waals surface area contributed by atoms with Crippen LogP contribution in [0.4, 0.5) is 0 Å². The van der Waals surface area contributed by atoms with E-state index in [2.05, 4.69) is 10.4 Å². The molecule has 0 aliphatic heterocycles. The molecular formula is C18H18N4O3. The molecule has 0 bridgehead atoms. The smallest absolute Gasteiger partial charge is 0.354 e. The molecule has 2 N–H and O–H groups in total. The summed E-state index contributed by atoms with van der Waals surface area (Å²) in [4.78, 5) is 23.2. The highest BCUT2D eigenvalue weighted by Crippen LogP contribution is 2.16. The highest BCUT2D eigenvalue weighted by Gasteiger charge is 2.15. The second kappa shape index (κ2) is 7.04. The predicted octanol–water partition coefficient (Wildman–Crippen LogP) is 2.25. The molecule has 1 amide bonds. The van der Waals surface area contributed by atoms with E-state index in [1.54, 1.807) is 0 Å². The lowest BCUT2D eigenvalue weighted by Gasteiger charge is -2.15. The summed E-state index contributed by atoms with van der Waals surface area (Å²) in [6, 6.07) is 12.9. The molecule has 128 valence electrons. The number of hydrogen-bond acceptors (Lipinski definition) is 3. The summed E-state index contributed by atoms with van der Waals surface area (Å²) in [7, 11) is 0. The minimum Gasteiger partial charge on any atom is -0.477 e. The minimum atomic E-state index is -1.11. The highest BCUT2D eigenvalue weighted by molar-refractivity contribution is 5.86. The van der Waals surface area contributed by atoms with Gasteiger partial charge in [0.2, 0.25) is 5.91 Å². The van der Waals surface area contributed by atoms with E-state index in [0.29, 0.717) is 0 Å². The van der Waals surface area contributed by atoms with Crippen LogP contribution in [0, 0.1) is 0 Å². The van der Waals surface area contributed by atoms with Crippen LogP contribution in [0.2, 0.25) is 0 Å². The normalized spacial score (nSPS) is 11.9. The van der Waals surface area contributed by atoms with Crippen molar-refractivity contribution >= 4 is 11.9 Å². The summed E-state index contributed by atoms with van der Waals surface area (Å²) in [6.07, 6.45) is 5.29. The fraction of sp³-hybridized carbons (Fsp3) is 0.167. The maximum atomic E-state index is 12.2. The number of rotatable bonds is 6. The maximum Gasteiger partial charge on any atom is 0.354 e. The van der Waals surface area contributed by atoms with Crippen LogP contribution in [0.3, 0.4) is 0 Å². The van der Waals surface area contributed by atoms with Crippen molar-refractivity contribution in [2.75, 3.05) is 0 Å². The Morgan fingerprint density at radius 2 is 1.84 bits per heavy atom. The number of hydrogen-bond donors (Lipinski definition) is 2. The summed E-state index contributed by atoms with van der Waals surface area (Å²) in [5.41, 5.74) is 1.98. The summed E-state index contributed by atoms with van der Waals surface area (Å²) < 4.78 is 3.16. The maximum absolute atomic E-state index is 12.2. The first kappa shape index (κ1) is 16.5. The molecule has 0 saturated heterocycles. The van der Waals surface area contributed by atoms with Gasteiger partial charge in [-0.2, -0.15) is 5.10 Å². The molecule has 0 radical (unpaired) electrons. The average molecular weight is 338 g/mol. The Balaban J connectivity index is 1.63. The molecule has 0 spiro atoms. The Labute approximate surface area is 144 Å². The van der Waals surface area contributed by atoms with Gasteiger partial charge in [0, 0.05) is 24.3 Å². The van der Waals surface area contributed by atoms with E-state index in [-0.39, 0.29) is 24.2 Å². The lowest BCUT2D eigenvalue weighted by Crippen LogP contribution is -2.31. The van der Waals surface area contributed by atoms with Gasteiger partial charge in [-0.05, 0) is 42.8 Å². The standard InChI is InChI=1S/C18H18N4O3/c1-13(14-4-6-15(7-5-14)21-10-2-3-11-21)20-17(23)12-22-16(18(24)25)8-9-19-22/h2-11,13H,12H2,1H3,(H,20,23)(H,24,25). The zero-order valence-electron chi connectivity index (χ0n) is 13.7. The highest BCUT2D eigenvalue weighted by atomic mass is 16.4. The van der Waals surface area contributed by atoms with Gasteiger partial charge in [0.05, 0.1) is 6.04 Å². The van der Waals surface area contributed by atoms with Gasteiger partial charge in [-0.3, -0.25) is 4.79 Å². The van der Waals surface area contributed by atoms with Crippen molar-refractivity contribution < 1.29 is 14.7 Å². The third-order valence-electron chi connectivity index (χ3n) is 3.90. The van der Waals surface area contributed by atoms with Gasteiger partial charge < -0.3 is 15.0 Å². The quantitative estimate of drug-likeness (QED) is 0.721. The molecule has 7 heteroatoms. The summed E-state index contributed by atoms with van der Waals surface area (Å²) in [5, 5.41) is 15.8. The van der Waals surface area contributed by atoms with Crippen LogP contribution in [0.1, 0.15) is 29.0 Å². The van der Waals surface area contributed by atoms with E-state index in [0.717, 1.165) is 11.3 Å². The topological polar surface area (TPSA) is 89.2 Å². The second-order valence-electron chi connectivity index (χ2n) is 5.65. The van der Waals surface area contributed by atoms with Gasteiger partial charge >= 0.3 is 5.97 Å². The number of carbonyl (C=O) groups is 2. The second-order valence-corrected chi connectivity index (χ2v) is 5.65. The van der Waals surface area contributed by atoms with E-state index < -0.39 is 5.97 Å². The van der Waals surface area contributed by atoms with Gasteiger partial charge in [-0.1, -0.05) is 12.1 Å². The molecule has 2 aromatic heterocycles. The van der Waals surface area contributed by atoms with Crippen LogP contribution in [0.25, 0.3) is 5.69 Å². The molecule has 0 aliphatic rings. The van der Waals surface area contributed by atoms with E-state index in [1.165, 1.54) is 16.9 Å². The SMILES string of the molecule is CC(NC(=O)Cn1nccc1C(=O)O)c1ccc(-n2cccc2)cc1. The zero-order chi connectivity index (χ0) is 17.8. The predicted molar refractivity (Wildman–Crippen MR) is 91.5 cm³/mol. The summed E-state index contributed by atoms with van der Waals surface area (Å²) in [5.74, 6) is -1.41. The average Bonchev–Trinajstić information content (AvgIpc) is 3.26. The first-order chi connectivity index (χ1) is 12.0. The molecule has 25 heavy (non-hydrogen) atoms. The van der Waals surface area contributed by atoms with Gasteiger partial charge in [0.15, 0.2) is 0 Å². The molecule has 1 unspecified atom stereocenters. The molecule has 3 rings (SSSR count). The Morgan fingerprint density at radius 1 is 1.16 bits per heavy atom. The van der Waals surface area contributed by atoms with Gasteiger partial charge in [-0.25, -0.2) is 9.48 Å². The first-order valence-corrected chi connectivity index (χ1v) is 7.82. The largest absolute Gasteiger partial charge is 0.477 e. The van der Waals surface area contributed by atoms with Crippen LogP contribution in [0.15, 0.2) is 61.1 Å². The van der Waals surface area contributed by atoms with Gasteiger partial charge in [-0.15, -0.1) is 0 Å². The lowest BCUT2D eigenvalue weighted by molar-refractivity contribution is -0.122. The van der Waals surface area contributed by atoms with Crippen molar-refractivity contribution in [2.45, 2.75) is 19.5 Å². The van der Waals surface area contributed by atoms with Crippen molar-refractivity contribution in [1.82, 2.24) is 19.7 Å². The molecule has 0 saturated carbocycles. The fourth-order valence-electron chi connectivity index (χ4n) is 2.59. The molecule has 0 fully saturated rings. The van der Waals surface area contributed by atoms with Crippen molar-refractivity contribution in [3.8, 4) is 5.69 Å². The number of carbonyl (C=O) groups excluding carboxylic acids is 1. The Kier molecular flexibility index (Phi) is 4.65. The van der Waals surface area contributed by atoms with Crippen molar-refractivity contribution in [2.24, 2.45) is 0 Å². The summed E-state index contributed by atoms with van der Waals surface area (Å²) >= 11 is 0. The summed E-state index contributed by atoms with van der Waals surface area (Å²) in [6.45, 7) is 1.74. The third kappa shape index (κ3) is 3.77. The van der Waals surface area contributed by atoms with Crippen LogP contribution in [0.5, 0.6) is 0 Å². The monoisotopic (exact) mass is 338 g/mol. The Bertz CT molecular complexity index is 866. The molecule has 3 aromatic rings. The number of aromatic nitrogens is 3. The Morgan fingerprint density at radius 3 is 2.48 bits per heavy atom. The lowest BCUT2D eigenvalue weighted by atomic mass is 10.1. The molecule has 2 heterocycles. The zero-order valence-corrected chi connectivity index (χ0v) is 13.7. The van der Waals surface area contributed by atoms with Crippen LogP contribution in [-0.4, -0.2) is 31.3 Å². The number of carboxylic acid groups (broad SMARTS) is 1. The van der Waals surface area contributed by atoms with Gasteiger partial charge in [0.25, 0.3) is 0 Å². The molecule has 0 aliphatic carbocycles. The van der Waals surface area contributed by atoms with Crippen LogP contribution in [-0.2, 0) is 11.3 Å². The van der Waals surface area contributed by atoms with Crippen molar-refractivity contribution in [1.29, 1.82) is 0 Å². The van der Waals surface area contributed by atoms with E-state index in [1.807, 2.05) is 60.3 Å². The van der Waals surface area contributed by atoms with Crippen molar-refractivity contribution in [3.05, 3.63) is 72.3 Å². The Hall–Kier alpha value is -3.35. The van der Waals surface area contributed by atoms with Crippen LogP contribution >= 0.6 is 0 Å². The third-order valence-corrected chi connectivity index (χ3v) is 3.90. The number of aromatic carboxylic acids is 1. The van der Waals surface area contributed by atoms with Crippen molar-refractivity contribution in [3.63, 3.8) is 0 Å². The molecule has 7 nitrogen and oxygen atoms in total. The van der Waals surface area contributed by atoms with E-state index in [4.69, 9.17) is 5.11 Å². The molecule has 1 atom stereocenters. The van der Waals surface area contributed by atoms with E-state index in [9.17, 15) is 9.59 Å². The van der Waals surface area contributed by atoms with Crippen LogP contribution < -0.4 is 5.32 Å². The number of benzene rings is 1. The minimum absolute atomic E-state index is 0.0149. The number of nitrogens with zero attached hydrogens (tertiary/aromatic N) is 3. The molecule has 1 aromatic carbocycles. The number of amides is 1. The first-order valence-electron chi connectivity index (χ1n) is 7.82.